The van der Waals surface area contributed by atoms with E-state index in [1.165, 1.54) is 31.2 Å². The molecule has 6 rings (SSSR count). The van der Waals surface area contributed by atoms with Gasteiger partial charge in [0, 0.05) is 37.1 Å². The van der Waals surface area contributed by atoms with Gasteiger partial charge in [0.25, 0.3) is 0 Å². The quantitative estimate of drug-likeness (QED) is 0.314. The summed E-state index contributed by atoms with van der Waals surface area (Å²) in [6.45, 7) is 4.41. The van der Waals surface area contributed by atoms with Gasteiger partial charge in [-0.05, 0) is 80.9 Å². The molecule has 3 unspecified atom stereocenters. The van der Waals surface area contributed by atoms with Crippen molar-refractivity contribution in [3.63, 3.8) is 0 Å². The zero-order chi connectivity index (χ0) is 31.0. The number of benzene rings is 2. The molecule has 4 fully saturated rings. The molecule has 1 amide bonds. The number of hydrogen-bond acceptors (Lipinski definition) is 5. The van der Waals surface area contributed by atoms with Gasteiger partial charge in [-0.25, -0.2) is 4.79 Å². The van der Waals surface area contributed by atoms with E-state index in [1.54, 1.807) is 19.1 Å². The minimum Gasteiger partial charge on any atom is -0.496 e. The molecule has 7 heteroatoms. The van der Waals surface area contributed by atoms with E-state index in [-0.39, 0.29) is 17.9 Å². The van der Waals surface area contributed by atoms with E-state index in [1.807, 2.05) is 44.2 Å². The number of carboxylic acids is 1. The second-order valence-electron chi connectivity index (χ2n) is 14.3. The fourth-order valence-corrected chi connectivity index (χ4v) is 9.27. The van der Waals surface area contributed by atoms with Gasteiger partial charge in [0.15, 0.2) is 0 Å². The molecule has 0 spiro atoms. The number of carbonyl (C=O) groups is 2. The first-order valence-electron chi connectivity index (χ1n) is 16.8. The topological polar surface area (TPSA) is 88.1 Å². The summed E-state index contributed by atoms with van der Waals surface area (Å²) in [5.41, 5.74) is 2.58. The van der Waals surface area contributed by atoms with Crippen LogP contribution in [0.1, 0.15) is 100 Å². The predicted octanol–water partition coefficient (Wildman–Crippen LogP) is 6.72. The third-order valence-electron chi connectivity index (χ3n) is 11.6. The average Bonchev–Trinajstić information content (AvgIpc) is 3.78. The summed E-state index contributed by atoms with van der Waals surface area (Å²) in [5.74, 6) is 1.38. The minimum absolute atomic E-state index is 0.0389. The number of nitrogens with one attached hydrogen (secondary N) is 1. The highest BCUT2D eigenvalue weighted by atomic mass is 16.5. The summed E-state index contributed by atoms with van der Waals surface area (Å²) < 4.78 is 11.9. The minimum atomic E-state index is -1.02. The number of nitrogens with zero attached hydrogens (tertiary/aromatic N) is 1. The Morgan fingerprint density at radius 3 is 2.32 bits per heavy atom. The van der Waals surface area contributed by atoms with Crippen molar-refractivity contribution in [2.75, 3.05) is 14.2 Å². The molecule has 4 aliphatic rings. The number of methoxy groups -OCH3 is 2. The maximum atomic E-state index is 14.4. The van der Waals surface area contributed by atoms with Crippen molar-refractivity contribution in [2.45, 2.75) is 108 Å². The maximum Gasteiger partial charge on any atom is 0.326 e. The molecule has 2 N–H and O–H groups in total. The molecule has 2 aromatic carbocycles. The van der Waals surface area contributed by atoms with E-state index in [2.05, 4.69) is 23.5 Å². The first-order valence-corrected chi connectivity index (χ1v) is 16.8. The lowest BCUT2D eigenvalue weighted by atomic mass is 9.79. The van der Waals surface area contributed by atoms with Crippen molar-refractivity contribution in [1.29, 1.82) is 0 Å². The van der Waals surface area contributed by atoms with Crippen LogP contribution in [0.3, 0.4) is 0 Å². The van der Waals surface area contributed by atoms with E-state index in [9.17, 15) is 14.7 Å². The van der Waals surface area contributed by atoms with Crippen LogP contribution in [-0.4, -0.2) is 53.8 Å². The third-order valence-corrected chi connectivity index (χ3v) is 11.6. The summed E-state index contributed by atoms with van der Waals surface area (Å²) in [6, 6.07) is 14.8. The van der Waals surface area contributed by atoms with Gasteiger partial charge in [-0.1, -0.05) is 68.1 Å². The van der Waals surface area contributed by atoms with Gasteiger partial charge in [0.05, 0.1) is 18.8 Å². The Kier molecular flexibility index (Phi) is 9.07. The van der Waals surface area contributed by atoms with Crippen LogP contribution in [0.4, 0.5) is 0 Å². The van der Waals surface area contributed by atoms with Crippen LogP contribution in [0, 0.1) is 23.7 Å². The average molecular weight is 603 g/mol. The van der Waals surface area contributed by atoms with E-state index in [4.69, 9.17) is 9.47 Å². The van der Waals surface area contributed by atoms with Gasteiger partial charge < -0.3 is 24.8 Å². The van der Waals surface area contributed by atoms with Crippen LogP contribution in [0.15, 0.2) is 48.5 Å². The Morgan fingerprint density at radius 2 is 1.70 bits per heavy atom. The number of aliphatic carboxylic acids is 1. The van der Waals surface area contributed by atoms with Crippen LogP contribution in [-0.2, 0) is 20.9 Å². The van der Waals surface area contributed by atoms with Gasteiger partial charge in [-0.3, -0.25) is 4.79 Å². The Balaban J connectivity index is 1.39. The van der Waals surface area contributed by atoms with E-state index >= 15 is 0 Å². The number of hydrogen-bond donors (Lipinski definition) is 2. The third kappa shape index (κ3) is 5.78. The zero-order valence-electron chi connectivity index (χ0n) is 26.8. The van der Waals surface area contributed by atoms with Crippen molar-refractivity contribution >= 4 is 11.9 Å². The number of ether oxygens (including phenoxy) is 2. The number of rotatable bonds is 10. The first kappa shape index (κ1) is 31.1. The fraction of sp³-hybridized carbons (Fsp3) is 0.622. The summed E-state index contributed by atoms with van der Waals surface area (Å²) >= 11 is 0. The molecule has 0 radical (unpaired) electrons. The van der Waals surface area contributed by atoms with Gasteiger partial charge in [-0.2, -0.15) is 0 Å². The standard InChI is InChI=1S/C37H50N2O5/c1-37(2,44-4)31-32(38-22-28-21-27(17-18-30(28)43-3)29-20-23-15-16-26(29)19-23)33(24-11-7-5-8-12-24)39(34(31)36(41)42)35(40)25-13-9-6-10-14-25/h5,7-8,11-12,17-18,21,23,25-26,29,31-34,38H,6,9-10,13-16,19-20,22H2,1-4H3,(H,41,42)/t23?,26?,29?,31-,32-,33-,34-/m0/s1. The van der Waals surface area contributed by atoms with Crippen molar-refractivity contribution in [1.82, 2.24) is 10.2 Å². The lowest BCUT2D eigenvalue weighted by Crippen LogP contribution is -2.53. The largest absolute Gasteiger partial charge is 0.496 e. The maximum absolute atomic E-state index is 14.4. The molecule has 1 aliphatic heterocycles. The predicted molar refractivity (Wildman–Crippen MR) is 170 cm³/mol. The van der Waals surface area contributed by atoms with Crippen LogP contribution in [0.2, 0.25) is 0 Å². The fourth-order valence-electron chi connectivity index (χ4n) is 9.27. The Hall–Kier alpha value is -2.90. The summed E-state index contributed by atoms with van der Waals surface area (Å²) in [7, 11) is 3.35. The van der Waals surface area contributed by atoms with Gasteiger partial charge in [0.1, 0.15) is 11.8 Å². The molecular weight excluding hydrogens is 552 g/mol. The van der Waals surface area contributed by atoms with Crippen molar-refractivity contribution in [3.05, 3.63) is 65.2 Å². The van der Waals surface area contributed by atoms with Crippen LogP contribution < -0.4 is 10.1 Å². The Labute approximate surface area is 262 Å². The van der Waals surface area contributed by atoms with Gasteiger partial charge in [0.2, 0.25) is 5.91 Å². The number of fused-ring (bicyclic) bond motifs is 2. The Morgan fingerprint density at radius 1 is 0.955 bits per heavy atom. The first-order chi connectivity index (χ1) is 21.2. The molecule has 2 aromatic rings. The summed E-state index contributed by atoms with van der Waals surface area (Å²) in [4.78, 5) is 29.4. The molecule has 3 saturated carbocycles. The van der Waals surface area contributed by atoms with Crippen LogP contribution in [0.25, 0.3) is 0 Å². The molecule has 0 aromatic heterocycles. The highest BCUT2D eigenvalue weighted by Gasteiger charge is 2.60. The van der Waals surface area contributed by atoms with E-state index in [0.29, 0.717) is 12.5 Å². The molecule has 3 aliphatic carbocycles. The molecular formula is C37H50N2O5. The number of amides is 1. The highest BCUT2D eigenvalue weighted by molar-refractivity contribution is 5.87. The second-order valence-corrected chi connectivity index (χ2v) is 14.3. The second kappa shape index (κ2) is 12.8. The summed E-state index contributed by atoms with van der Waals surface area (Å²) in [5, 5.41) is 14.6. The molecule has 7 atom stereocenters. The highest BCUT2D eigenvalue weighted by Crippen LogP contribution is 2.53. The monoisotopic (exact) mass is 602 g/mol. The molecule has 2 bridgehead atoms. The lowest BCUT2D eigenvalue weighted by Gasteiger charge is -2.37. The van der Waals surface area contributed by atoms with Gasteiger partial charge >= 0.3 is 5.97 Å². The number of carbonyl (C=O) groups excluding carboxylic acids is 1. The zero-order valence-corrected chi connectivity index (χ0v) is 26.8. The van der Waals surface area contributed by atoms with Crippen molar-refractivity contribution in [2.24, 2.45) is 23.7 Å². The van der Waals surface area contributed by atoms with Gasteiger partial charge in [-0.15, -0.1) is 0 Å². The SMILES string of the molecule is COc1ccc(C2CC3CCC2C3)cc1CN[C@H]1[C@H](C(C)(C)OC)[C@@H](C(=O)O)N(C(=O)C2CCCCC2)[C@H]1c1ccccc1. The number of carboxylic acid groups (broad SMARTS) is 1. The van der Waals surface area contributed by atoms with Crippen molar-refractivity contribution < 1.29 is 24.2 Å². The molecule has 1 saturated heterocycles. The Bertz CT molecular complexity index is 1320. The normalized spacial score (nSPS) is 30.5. The lowest BCUT2D eigenvalue weighted by molar-refractivity contribution is -0.156. The van der Waals surface area contributed by atoms with Crippen molar-refractivity contribution in [3.8, 4) is 5.75 Å². The molecule has 7 nitrogen and oxygen atoms in total. The molecule has 238 valence electrons. The molecule has 1 heterocycles. The van der Waals surface area contributed by atoms with Crippen LogP contribution in [0.5, 0.6) is 5.75 Å². The van der Waals surface area contributed by atoms with E-state index in [0.717, 1.165) is 60.8 Å². The smallest absolute Gasteiger partial charge is 0.326 e. The van der Waals surface area contributed by atoms with E-state index < -0.39 is 29.6 Å². The molecule has 44 heavy (non-hydrogen) atoms. The van der Waals surface area contributed by atoms with Crippen LogP contribution >= 0.6 is 0 Å². The number of likely N-dealkylation sites (tertiary alicyclic amines) is 1. The summed E-state index contributed by atoms with van der Waals surface area (Å²) in [6.07, 6.45) is 10.1.